The SMILES string of the molecule is CC(C)(C)c1cc(CP(C(C)(C)C)C(C)(C)C)c(C(P)(c2ccc3ccccc3n2)c2ccc3ccccc3n2)[cH-]1.[Fe+2].c1cc[cH-]c1. The Labute approximate surface area is 297 Å². The molecule has 6 rings (SSSR count). The van der Waals surface area contributed by atoms with Gasteiger partial charge in [-0.15, -0.1) is 22.7 Å². The average molecular weight is 701 g/mol. The molecule has 4 aromatic carbocycles. The smallest absolute Gasteiger partial charge is 0.251 e. The summed E-state index contributed by atoms with van der Waals surface area (Å²) in [7, 11) is 2.91. The number of hydrogen-bond donors (Lipinski definition) is 0. The van der Waals surface area contributed by atoms with Crippen LogP contribution in [-0.4, -0.2) is 20.3 Å². The van der Waals surface area contributed by atoms with Crippen LogP contribution < -0.4 is 0 Å². The molecule has 0 N–H and O–H groups in total. The Morgan fingerprint density at radius 3 is 1.51 bits per heavy atom. The van der Waals surface area contributed by atoms with E-state index in [0.29, 0.717) is 0 Å². The third kappa shape index (κ3) is 8.32. The number of rotatable bonds is 5. The molecule has 0 bridgehead atoms. The van der Waals surface area contributed by atoms with Crippen molar-refractivity contribution in [2.45, 2.75) is 89.4 Å². The molecular weight excluding hydrogens is 650 g/mol. The Balaban J connectivity index is 0.000000762. The van der Waals surface area contributed by atoms with E-state index in [0.717, 1.165) is 39.4 Å². The summed E-state index contributed by atoms with van der Waals surface area (Å²) in [5.74, 6) is 0. The van der Waals surface area contributed by atoms with Gasteiger partial charge in [-0.25, -0.2) is 18.2 Å². The minimum absolute atomic E-state index is 0. The maximum absolute atomic E-state index is 5.31. The molecule has 0 aliphatic heterocycles. The van der Waals surface area contributed by atoms with E-state index < -0.39 is 5.16 Å². The van der Waals surface area contributed by atoms with Gasteiger partial charge in [0.2, 0.25) is 0 Å². The van der Waals surface area contributed by atoms with Gasteiger partial charge in [0.15, 0.2) is 0 Å². The van der Waals surface area contributed by atoms with Gasteiger partial charge in [0, 0.05) is 10.8 Å². The third-order valence-corrected chi connectivity index (χ3v) is 13.6. The molecule has 47 heavy (non-hydrogen) atoms. The fourth-order valence-electron chi connectivity index (χ4n) is 6.44. The van der Waals surface area contributed by atoms with Crippen LogP contribution in [0.25, 0.3) is 21.8 Å². The standard InChI is InChI=1S/C37H45N2P2.C5H5.Fe/c1-34(2,3)28-22-27(24-41(35(4,5)6)36(7,8)9)29(23-28)37(40,32-20-18-25-14-10-12-16-30(25)38-32)33-21-19-26-15-11-13-17-31(26)39-33;1-2-4-5-3-1;/h10-23H,24,40H2,1-9H3;1-5H;/q2*-1;+2. The summed E-state index contributed by atoms with van der Waals surface area (Å²) in [6.07, 6.45) is 1.06. The number of hydrogen-bond acceptors (Lipinski definition) is 2. The Bertz CT molecular complexity index is 1790. The van der Waals surface area contributed by atoms with Crippen LogP contribution in [0.5, 0.6) is 0 Å². The molecule has 2 heterocycles. The van der Waals surface area contributed by atoms with Crippen LogP contribution in [-0.2, 0) is 33.8 Å². The second-order valence-corrected chi connectivity index (χ2v) is 20.1. The van der Waals surface area contributed by atoms with Crippen LogP contribution in [0, 0.1) is 0 Å². The van der Waals surface area contributed by atoms with Gasteiger partial charge in [-0.1, -0.05) is 117 Å². The minimum atomic E-state index is -0.607. The van der Waals surface area contributed by atoms with Crippen molar-refractivity contribution in [3.63, 3.8) is 0 Å². The normalized spacial score (nSPS) is 12.6. The maximum atomic E-state index is 5.31. The summed E-state index contributed by atoms with van der Waals surface area (Å²) in [6.45, 7) is 21.5. The summed E-state index contributed by atoms with van der Waals surface area (Å²) in [6, 6.07) is 40.6. The van der Waals surface area contributed by atoms with Gasteiger partial charge >= 0.3 is 17.1 Å². The van der Waals surface area contributed by atoms with Crippen molar-refractivity contribution in [2.24, 2.45) is 0 Å². The van der Waals surface area contributed by atoms with E-state index in [9.17, 15) is 0 Å². The number of para-hydroxylation sites is 2. The second kappa shape index (κ2) is 14.4. The van der Waals surface area contributed by atoms with Crippen molar-refractivity contribution in [2.75, 3.05) is 0 Å². The Morgan fingerprint density at radius 1 is 0.638 bits per heavy atom. The molecule has 0 aliphatic carbocycles. The Hall–Kier alpha value is -2.66. The summed E-state index contributed by atoms with van der Waals surface area (Å²) >= 11 is 0. The predicted molar refractivity (Wildman–Crippen MR) is 206 cm³/mol. The van der Waals surface area contributed by atoms with Crippen molar-refractivity contribution in [1.29, 1.82) is 0 Å². The topological polar surface area (TPSA) is 25.8 Å². The second-order valence-electron chi connectivity index (χ2n) is 15.4. The van der Waals surface area contributed by atoms with Gasteiger partial charge in [-0.3, -0.25) is 9.97 Å². The molecule has 0 radical (unpaired) electrons. The summed E-state index contributed by atoms with van der Waals surface area (Å²) in [5, 5.41) is 2.13. The summed E-state index contributed by atoms with van der Waals surface area (Å²) < 4.78 is 0. The number of nitrogens with zero attached hydrogens (tertiary/aromatic N) is 2. The molecule has 0 saturated heterocycles. The van der Waals surface area contributed by atoms with Crippen LogP contribution in [0.4, 0.5) is 0 Å². The number of benzene rings is 2. The number of aromatic nitrogens is 2. The van der Waals surface area contributed by atoms with Gasteiger partial charge in [0.05, 0.1) is 27.6 Å². The van der Waals surface area contributed by atoms with E-state index >= 15 is 0 Å². The van der Waals surface area contributed by atoms with Crippen LogP contribution in [0.1, 0.15) is 90.4 Å². The molecule has 0 amide bonds. The molecule has 1 atom stereocenters. The zero-order chi connectivity index (χ0) is 33.3. The zero-order valence-corrected chi connectivity index (χ0v) is 32.6. The molecule has 0 aliphatic rings. The van der Waals surface area contributed by atoms with Gasteiger partial charge in [0.25, 0.3) is 0 Å². The van der Waals surface area contributed by atoms with Crippen LogP contribution in [0.2, 0.25) is 0 Å². The van der Waals surface area contributed by atoms with E-state index in [1.165, 1.54) is 16.7 Å². The Kier molecular flexibility index (Phi) is 11.4. The third-order valence-electron chi connectivity index (χ3n) is 8.77. The largest absolute Gasteiger partial charge is 2.00 e. The average Bonchev–Trinajstić information content (AvgIpc) is 3.72. The van der Waals surface area contributed by atoms with Gasteiger partial charge < -0.3 is 0 Å². The maximum Gasteiger partial charge on any atom is 2.00 e. The fourth-order valence-corrected chi connectivity index (χ4v) is 10.6. The van der Waals surface area contributed by atoms with E-state index in [1.807, 2.05) is 30.3 Å². The monoisotopic (exact) mass is 700 g/mol. The molecule has 0 fully saturated rings. The molecule has 2 aromatic heterocycles. The first-order valence-electron chi connectivity index (χ1n) is 16.3. The van der Waals surface area contributed by atoms with Gasteiger partial charge in [0.1, 0.15) is 0 Å². The van der Waals surface area contributed by atoms with Crippen molar-refractivity contribution in [1.82, 2.24) is 9.97 Å². The van der Waals surface area contributed by atoms with E-state index in [-0.39, 0.29) is 40.7 Å². The minimum Gasteiger partial charge on any atom is -0.251 e. The molecule has 1 unspecified atom stereocenters. The van der Waals surface area contributed by atoms with Crippen molar-refractivity contribution < 1.29 is 17.1 Å². The van der Waals surface area contributed by atoms with Gasteiger partial charge in [-0.05, 0) is 40.0 Å². The van der Waals surface area contributed by atoms with Crippen molar-refractivity contribution in [3.05, 3.63) is 143 Å². The molecule has 6 aromatic rings. The van der Waals surface area contributed by atoms with Gasteiger partial charge in [-0.2, -0.15) is 35.4 Å². The van der Waals surface area contributed by atoms with Crippen LogP contribution in [0.15, 0.2) is 115 Å². The molecule has 0 spiro atoms. The summed E-state index contributed by atoms with van der Waals surface area (Å²) in [5.41, 5.74) is 8.15. The molecule has 0 saturated carbocycles. The van der Waals surface area contributed by atoms with E-state index in [1.54, 1.807) is 0 Å². The Morgan fingerprint density at radius 2 is 1.11 bits per heavy atom. The number of pyridine rings is 2. The predicted octanol–water partition coefficient (Wildman–Crippen LogP) is 11.9. The molecule has 5 heteroatoms. The molecular formula is C42H50FeN2P2. The van der Waals surface area contributed by atoms with Crippen LogP contribution in [0.3, 0.4) is 0 Å². The van der Waals surface area contributed by atoms with Crippen LogP contribution >= 0.6 is 17.2 Å². The first-order valence-corrected chi connectivity index (χ1v) is 18.5. The molecule has 246 valence electrons. The van der Waals surface area contributed by atoms with E-state index in [2.05, 4.69) is 156 Å². The molecule has 2 nitrogen and oxygen atoms in total. The van der Waals surface area contributed by atoms with Crippen molar-refractivity contribution in [3.8, 4) is 0 Å². The van der Waals surface area contributed by atoms with Crippen molar-refractivity contribution >= 4 is 39.0 Å². The summed E-state index contributed by atoms with van der Waals surface area (Å²) in [4.78, 5) is 10.6. The first kappa shape index (κ1) is 37.2. The zero-order valence-electron chi connectivity index (χ0n) is 29.4. The number of fused-ring (bicyclic) bond motifs is 2. The first-order chi connectivity index (χ1) is 21.6. The van der Waals surface area contributed by atoms with E-state index in [4.69, 9.17) is 9.97 Å². The fraction of sp³-hybridized carbons (Fsp3) is 0.333. The quantitative estimate of drug-likeness (QED) is 0.102.